The molecule has 0 heterocycles. The fraction of sp³-hybridized carbons (Fsp3) is 0.571. The second-order valence-electron chi connectivity index (χ2n) is 5.23. The Morgan fingerprint density at radius 3 is 2.43 bits per heavy atom. The molecule has 120 valence electrons. The van der Waals surface area contributed by atoms with Crippen molar-refractivity contribution < 1.29 is 17.9 Å². The van der Waals surface area contributed by atoms with Crippen molar-refractivity contribution in [2.75, 3.05) is 27.2 Å². The molecular formula is C14H23FN2O3S. The predicted octanol–water partition coefficient (Wildman–Crippen LogP) is 1.28. The van der Waals surface area contributed by atoms with Crippen LogP contribution in [-0.2, 0) is 16.6 Å². The summed E-state index contributed by atoms with van der Waals surface area (Å²) in [7, 11) is -0.136. The summed E-state index contributed by atoms with van der Waals surface area (Å²) < 4.78 is 40.2. The first kappa shape index (κ1) is 18.0. The van der Waals surface area contributed by atoms with Gasteiger partial charge >= 0.3 is 0 Å². The average Bonchev–Trinajstić information content (AvgIpc) is 2.38. The van der Waals surface area contributed by atoms with Crippen molar-refractivity contribution in [3.8, 4) is 0 Å². The number of rotatable bonds is 7. The molecule has 0 fully saturated rings. The lowest BCUT2D eigenvalue weighted by molar-refractivity contribution is 0.266. The van der Waals surface area contributed by atoms with E-state index in [1.54, 1.807) is 13.8 Å². The fourth-order valence-electron chi connectivity index (χ4n) is 2.36. The highest BCUT2D eigenvalue weighted by Gasteiger charge is 2.30. The molecule has 0 aliphatic heterocycles. The molecule has 1 rings (SSSR count). The Hall–Kier alpha value is -1.02. The monoisotopic (exact) mass is 318 g/mol. The first-order valence-corrected chi connectivity index (χ1v) is 8.23. The zero-order chi connectivity index (χ0) is 16.2. The van der Waals surface area contributed by atoms with Gasteiger partial charge < -0.3 is 10.0 Å². The Kier molecular flexibility index (Phi) is 6.27. The number of likely N-dealkylation sites (N-methyl/N-ethyl adjacent to an activating group) is 2. The van der Waals surface area contributed by atoms with Crippen LogP contribution in [0.4, 0.5) is 4.39 Å². The van der Waals surface area contributed by atoms with Gasteiger partial charge in [-0.1, -0.05) is 13.0 Å². The Balaban J connectivity index is 3.27. The molecule has 1 unspecified atom stereocenters. The van der Waals surface area contributed by atoms with Crippen LogP contribution in [0, 0.1) is 5.82 Å². The number of aliphatic hydroxyl groups excluding tert-OH is 1. The van der Waals surface area contributed by atoms with Crippen LogP contribution in [0.5, 0.6) is 0 Å². The van der Waals surface area contributed by atoms with Gasteiger partial charge in [-0.25, -0.2) is 12.8 Å². The van der Waals surface area contributed by atoms with Crippen LogP contribution < -0.4 is 0 Å². The van der Waals surface area contributed by atoms with Gasteiger partial charge in [-0.3, -0.25) is 0 Å². The normalized spacial score (nSPS) is 13.9. The second kappa shape index (κ2) is 7.31. The van der Waals surface area contributed by atoms with Crippen molar-refractivity contribution in [1.29, 1.82) is 0 Å². The van der Waals surface area contributed by atoms with E-state index in [9.17, 15) is 17.9 Å². The molecule has 0 saturated carbocycles. The topological polar surface area (TPSA) is 60.9 Å². The number of aliphatic hydroxyl groups is 1. The van der Waals surface area contributed by atoms with E-state index in [0.717, 1.165) is 12.1 Å². The highest BCUT2D eigenvalue weighted by atomic mass is 32.2. The zero-order valence-electron chi connectivity index (χ0n) is 12.9. The van der Waals surface area contributed by atoms with Crippen LogP contribution in [0.3, 0.4) is 0 Å². The van der Waals surface area contributed by atoms with Gasteiger partial charge in [0, 0.05) is 19.1 Å². The number of sulfonamides is 1. The van der Waals surface area contributed by atoms with Gasteiger partial charge in [-0.05, 0) is 38.7 Å². The van der Waals surface area contributed by atoms with Crippen LogP contribution >= 0.6 is 0 Å². The van der Waals surface area contributed by atoms with Gasteiger partial charge in [0.05, 0.1) is 11.5 Å². The van der Waals surface area contributed by atoms with Crippen molar-refractivity contribution in [1.82, 2.24) is 9.21 Å². The van der Waals surface area contributed by atoms with Gasteiger partial charge in [-0.15, -0.1) is 0 Å². The Morgan fingerprint density at radius 1 is 1.33 bits per heavy atom. The number of halogens is 1. The minimum atomic E-state index is -3.85. The lowest BCUT2D eigenvalue weighted by atomic mass is 10.2. The molecule has 0 amide bonds. The van der Waals surface area contributed by atoms with Crippen molar-refractivity contribution in [3.63, 3.8) is 0 Å². The predicted molar refractivity (Wildman–Crippen MR) is 79.9 cm³/mol. The largest absolute Gasteiger partial charge is 0.392 e. The molecule has 1 aromatic carbocycles. The van der Waals surface area contributed by atoms with Crippen LogP contribution in [0.1, 0.15) is 19.4 Å². The first-order chi connectivity index (χ1) is 9.73. The summed E-state index contributed by atoms with van der Waals surface area (Å²) in [6, 6.07) is 3.15. The number of hydrogen-bond donors (Lipinski definition) is 1. The highest BCUT2D eigenvalue weighted by molar-refractivity contribution is 7.89. The van der Waals surface area contributed by atoms with Crippen LogP contribution in [0.15, 0.2) is 23.1 Å². The van der Waals surface area contributed by atoms with E-state index in [1.165, 1.54) is 10.4 Å². The molecule has 1 aromatic rings. The summed E-state index contributed by atoms with van der Waals surface area (Å²) in [6.45, 7) is 3.92. The standard InChI is InChI=1S/C14H23FN2O3S/c1-5-17(11(2)9-16(3)4)21(19,20)14-8-13(15)7-6-12(14)10-18/h6-8,11,18H,5,9-10H2,1-4H3. The Labute approximate surface area is 126 Å². The number of benzene rings is 1. The summed E-state index contributed by atoms with van der Waals surface area (Å²) in [5, 5.41) is 9.30. The molecule has 0 aromatic heterocycles. The third kappa shape index (κ3) is 4.23. The van der Waals surface area contributed by atoms with E-state index in [4.69, 9.17) is 0 Å². The maximum absolute atomic E-state index is 13.4. The van der Waals surface area contributed by atoms with Gasteiger partial charge in [-0.2, -0.15) is 4.31 Å². The third-order valence-electron chi connectivity index (χ3n) is 3.22. The van der Waals surface area contributed by atoms with Crippen molar-refractivity contribution in [3.05, 3.63) is 29.6 Å². The van der Waals surface area contributed by atoms with Crippen molar-refractivity contribution in [2.24, 2.45) is 0 Å². The number of nitrogens with zero attached hydrogens (tertiary/aromatic N) is 2. The van der Waals surface area contributed by atoms with Gasteiger partial charge in [0.1, 0.15) is 5.82 Å². The maximum atomic E-state index is 13.4. The molecule has 0 saturated heterocycles. The molecule has 1 N–H and O–H groups in total. The minimum absolute atomic E-state index is 0.169. The van der Waals surface area contributed by atoms with Crippen molar-refractivity contribution in [2.45, 2.75) is 31.4 Å². The quantitative estimate of drug-likeness (QED) is 0.823. The van der Waals surface area contributed by atoms with E-state index >= 15 is 0 Å². The summed E-state index contributed by atoms with van der Waals surface area (Å²) in [5.74, 6) is -0.637. The van der Waals surface area contributed by atoms with Gasteiger partial charge in [0.25, 0.3) is 0 Å². The molecule has 0 spiro atoms. The highest BCUT2D eigenvalue weighted by Crippen LogP contribution is 2.23. The molecule has 0 radical (unpaired) electrons. The fourth-order valence-corrected chi connectivity index (χ4v) is 4.22. The summed E-state index contributed by atoms with van der Waals surface area (Å²) in [4.78, 5) is 1.72. The van der Waals surface area contributed by atoms with E-state index < -0.39 is 22.4 Å². The molecule has 1 atom stereocenters. The minimum Gasteiger partial charge on any atom is -0.392 e. The van der Waals surface area contributed by atoms with E-state index in [-0.39, 0.29) is 23.0 Å². The molecular weight excluding hydrogens is 295 g/mol. The van der Waals surface area contributed by atoms with E-state index in [1.807, 2.05) is 19.0 Å². The SMILES string of the molecule is CCN(C(C)CN(C)C)S(=O)(=O)c1cc(F)ccc1CO. The molecule has 0 bridgehead atoms. The summed E-state index contributed by atoms with van der Waals surface area (Å²) in [5.41, 5.74) is 0.201. The van der Waals surface area contributed by atoms with Gasteiger partial charge in [0.2, 0.25) is 10.0 Å². The lowest BCUT2D eigenvalue weighted by Crippen LogP contribution is -2.43. The third-order valence-corrected chi connectivity index (χ3v) is 5.39. The van der Waals surface area contributed by atoms with E-state index in [0.29, 0.717) is 6.54 Å². The van der Waals surface area contributed by atoms with Crippen LogP contribution in [-0.4, -0.2) is 56.0 Å². The first-order valence-electron chi connectivity index (χ1n) is 6.79. The lowest BCUT2D eigenvalue weighted by Gasteiger charge is -2.29. The molecule has 0 aliphatic rings. The Bertz CT molecular complexity index is 576. The molecule has 0 aliphatic carbocycles. The van der Waals surface area contributed by atoms with Crippen molar-refractivity contribution >= 4 is 10.0 Å². The second-order valence-corrected chi connectivity index (χ2v) is 7.09. The average molecular weight is 318 g/mol. The zero-order valence-corrected chi connectivity index (χ0v) is 13.7. The van der Waals surface area contributed by atoms with Gasteiger partial charge in [0.15, 0.2) is 0 Å². The molecule has 7 heteroatoms. The van der Waals surface area contributed by atoms with E-state index in [2.05, 4.69) is 0 Å². The summed E-state index contributed by atoms with van der Waals surface area (Å²) >= 11 is 0. The van der Waals surface area contributed by atoms with Crippen LogP contribution in [0.25, 0.3) is 0 Å². The smallest absolute Gasteiger partial charge is 0.243 e. The number of hydrogen-bond acceptors (Lipinski definition) is 4. The molecule has 5 nitrogen and oxygen atoms in total. The maximum Gasteiger partial charge on any atom is 0.243 e. The summed E-state index contributed by atoms with van der Waals surface area (Å²) in [6.07, 6.45) is 0. The Morgan fingerprint density at radius 2 is 1.95 bits per heavy atom. The van der Waals surface area contributed by atoms with Crippen LogP contribution in [0.2, 0.25) is 0 Å². The molecule has 21 heavy (non-hydrogen) atoms.